The molecule has 0 aliphatic heterocycles. The van der Waals surface area contributed by atoms with Crippen molar-refractivity contribution in [3.63, 3.8) is 0 Å². The standard InChI is InChI=1S/C22H29NO/c1-17-11-13-19(14-12-17)22(24)15-7-6-9-20(22)16-18-8-4-5-10-21(18)23(2)3/h4-5,8,10-14,20,24H,6-7,9,15-16H2,1-3H3. The van der Waals surface area contributed by atoms with Crippen LogP contribution in [0.15, 0.2) is 48.5 Å². The predicted octanol–water partition coefficient (Wildman–Crippen LogP) is 4.68. The summed E-state index contributed by atoms with van der Waals surface area (Å²) < 4.78 is 0. The minimum atomic E-state index is -0.703. The maximum Gasteiger partial charge on any atom is 0.0927 e. The molecular weight excluding hydrogens is 294 g/mol. The lowest BCUT2D eigenvalue weighted by molar-refractivity contribution is -0.0542. The molecule has 2 nitrogen and oxygen atoms in total. The molecule has 0 amide bonds. The molecule has 2 aromatic carbocycles. The molecule has 1 aliphatic rings. The smallest absolute Gasteiger partial charge is 0.0927 e. The Hall–Kier alpha value is -1.80. The zero-order valence-electron chi connectivity index (χ0n) is 15.1. The fraction of sp³-hybridized carbons (Fsp3) is 0.455. The number of hydrogen-bond donors (Lipinski definition) is 1. The molecule has 2 atom stereocenters. The Bertz CT molecular complexity index is 677. The minimum Gasteiger partial charge on any atom is -0.385 e. The number of rotatable bonds is 4. The van der Waals surface area contributed by atoms with Crippen LogP contribution in [0.2, 0.25) is 0 Å². The van der Waals surface area contributed by atoms with Crippen LogP contribution in [0.4, 0.5) is 5.69 Å². The maximum absolute atomic E-state index is 11.6. The van der Waals surface area contributed by atoms with Gasteiger partial charge in [-0.25, -0.2) is 0 Å². The summed E-state index contributed by atoms with van der Waals surface area (Å²) in [5, 5.41) is 11.6. The van der Waals surface area contributed by atoms with E-state index in [2.05, 4.69) is 74.4 Å². The molecule has 1 saturated carbocycles. The Morgan fingerprint density at radius 1 is 1.04 bits per heavy atom. The molecule has 0 saturated heterocycles. The van der Waals surface area contributed by atoms with Crippen LogP contribution in [0.1, 0.15) is 42.4 Å². The van der Waals surface area contributed by atoms with Crippen molar-refractivity contribution in [3.8, 4) is 0 Å². The number of benzene rings is 2. The molecule has 2 unspecified atom stereocenters. The molecular formula is C22H29NO. The molecule has 0 radical (unpaired) electrons. The maximum atomic E-state index is 11.6. The Balaban J connectivity index is 1.92. The van der Waals surface area contributed by atoms with Crippen LogP contribution in [-0.4, -0.2) is 19.2 Å². The van der Waals surface area contributed by atoms with Gasteiger partial charge in [0.1, 0.15) is 0 Å². The Labute approximate surface area is 146 Å². The van der Waals surface area contributed by atoms with Crippen molar-refractivity contribution in [1.29, 1.82) is 0 Å². The van der Waals surface area contributed by atoms with Crippen LogP contribution in [0.3, 0.4) is 0 Å². The van der Waals surface area contributed by atoms with E-state index in [1.165, 1.54) is 23.2 Å². The minimum absolute atomic E-state index is 0.273. The molecule has 3 rings (SSSR count). The van der Waals surface area contributed by atoms with Gasteiger partial charge in [-0.1, -0.05) is 60.9 Å². The number of aliphatic hydroxyl groups is 1. The molecule has 0 spiro atoms. The van der Waals surface area contributed by atoms with E-state index in [4.69, 9.17) is 0 Å². The quantitative estimate of drug-likeness (QED) is 0.883. The molecule has 0 heterocycles. The summed E-state index contributed by atoms with van der Waals surface area (Å²) in [5.41, 5.74) is 4.22. The molecule has 0 bridgehead atoms. The Morgan fingerprint density at radius 2 is 1.75 bits per heavy atom. The van der Waals surface area contributed by atoms with Gasteiger partial charge in [-0.2, -0.15) is 0 Å². The second-order valence-corrected chi connectivity index (χ2v) is 7.46. The zero-order valence-corrected chi connectivity index (χ0v) is 15.1. The SMILES string of the molecule is Cc1ccc(C2(O)CCCCC2Cc2ccccc2N(C)C)cc1. The van der Waals surface area contributed by atoms with E-state index in [1.807, 2.05) is 0 Å². The molecule has 128 valence electrons. The van der Waals surface area contributed by atoms with E-state index < -0.39 is 5.60 Å². The van der Waals surface area contributed by atoms with Crippen molar-refractivity contribution >= 4 is 5.69 Å². The second kappa shape index (κ2) is 6.98. The molecule has 1 aliphatic carbocycles. The fourth-order valence-corrected chi connectivity index (χ4v) is 4.11. The van der Waals surface area contributed by atoms with Crippen molar-refractivity contribution in [2.45, 2.75) is 44.6 Å². The number of nitrogens with zero attached hydrogens (tertiary/aromatic N) is 1. The van der Waals surface area contributed by atoms with E-state index in [9.17, 15) is 5.11 Å². The summed E-state index contributed by atoms with van der Waals surface area (Å²) in [5.74, 6) is 0.273. The van der Waals surface area contributed by atoms with Gasteiger partial charge in [0.05, 0.1) is 5.60 Å². The Morgan fingerprint density at radius 3 is 2.46 bits per heavy atom. The topological polar surface area (TPSA) is 23.5 Å². The van der Waals surface area contributed by atoms with Gasteiger partial charge in [-0.05, 0) is 49.3 Å². The van der Waals surface area contributed by atoms with Gasteiger partial charge in [0, 0.05) is 19.8 Å². The third-order valence-corrected chi connectivity index (χ3v) is 5.53. The van der Waals surface area contributed by atoms with Gasteiger partial charge in [0.2, 0.25) is 0 Å². The molecule has 2 aromatic rings. The normalized spacial score (nSPS) is 23.9. The molecule has 1 fully saturated rings. The van der Waals surface area contributed by atoms with Gasteiger partial charge in [-0.15, -0.1) is 0 Å². The first-order valence-electron chi connectivity index (χ1n) is 9.05. The van der Waals surface area contributed by atoms with Crippen molar-refractivity contribution in [2.75, 3.05) is 19.0 Å². The first-order chi connectivity index (χ1) is 11.5. The number of aryl methyl sites for hydroxylation is 1. The summed E-state index contributed by atoms with van der Waals surface area (Å²) in [6.07, 6.45) is 5.20. The van der Waals surface area contributed by atoms with Crippen LogP contribution in [0.25, 0.3) is 0 Å². The van der Waals surface area contributed by atoms with Crippen LogP contribution in [0.5, 0.6) is 0 Å². The first-order valence-corrected chi connectivity index (χ1v) is 9.05. The van der Waals surface area contributed by atoms with Crippen LogP contribution in [0, 0.1) is 12.8 Å². The van der Waals surface area contributed by atoms with Gasteiger partial charge in [-0.3, -0.25) is 0 Å². The van der Waals surface area contributed by atoms with Crippen LogP contribution < -0.4 is 4.90 Å². The average molecular weight is 323 g/mol. The van der Waals surface area contributed by atoms with Crippen molar-refractivity contribution < 1.29 is 5.11 Å². The van der Waals surface area contributed by atoms with Crippen molar-refractivity contribution in [3.05, 3.63) is 65.2 Å². The van der Waals surface area contributed by atoms with Gasteiger partial charge in [0.25, 0.3) is 0 Å². The van der Waals surface area contributed by atoms with Gasteiger partial charge >= 0.3 is 0 Å². The van der Waals surface area contributed by atoms with Crippen LogP contribution >= 0.6 is 0 Å². The third-order valence-electron chi connectivity index (χ3n) is 5.53. The molecule has 0 aromatic heterocycles. The summed E-state index contributed by atoms with van der Waals surface area (Å²) in [6.45, 7) is 2.10. The molecule has 1 N–H and O–H groups in total. The summed E-state index contributed by atoms with van der Waals surface area (Å²) >= 11 is 0. The Kier molecular flexibility index (Phi) is 4.96. The highest BCUT2D eigenvalue weighted by Crippen LogP contribution is 2.44. The highest BCUT2D eigenvalue weighted by atomic mass is 16.3. The summed E-state index contributed by atoms with van der Waals surface area (Å²) in [6, 6.07) is 17.0. The third kappa shape index (κ3) is 3.34. The van der Waals surface area contributed by atoms with Crippen molar-refractivity contribution in [1.82, 2.24) is 0 Å². The van der Waals surface area contributed by atoms with E-state index in [0.717, 1.165) is 31.2 Å². The van der Waals surface area contributed by atoms with Gasteiger partial charge in [0.15, 0.2) is 0 Å². The van der Waals surface area contributed by atoms with E-state index in [0.29, 0.717) is 0 Å². The summed E-state index contributed by atoms with van der Waals surface area (Å²) in [7, 11) is 4.18. The fourth-order valence-electron chi connectivity index (χ4n) is 4.11. The molecule has 24 heavy (non-hydrogen) atoms. The monoisotopic (exact) mass is 323 g/mol. The highest BCUT2D eigenvalue weighted by molar-refractivity contribution is 5.52. The van der Waals surface area contributed by atoms with Crippen molar-refractivity contribution in [2.24, 2.45) is 5.92 Å². The predicted molar refractivity (Wildman–Crippen MR) is 102 cm³/mol. The average Bonchev–Trinajstić information content (AvgIpc) is 2.58. The second-order valence-electron chi connectivity index (χ2n) is 7.46. The largest absolute Gasteiger partial charge is 0.385 e. The highest BCUT2D eigenvalue weighted by Gasteiger charge is 2.40. The van der Waals surface area contributed by atoms with E-state index in [-0.39, 0.29) is 5.92 Å². The van der Waals surface area contributed by atoms with E-state index in [1.54, 1.807) is 0 Å². The first kappa shape index (κ1) is 17.0. The lowest BCUT2D eigenvalue weighted by atomic mass is 9.69. The number of para-hydroxylation sites is 1. The lowest BCUT2D eigenvalue weighted by Gasteiger charge is -2.41. The number of hydrogen-bond acceptors (Lipinski definition) is 2. The van der Waals surface area contributed by atoms with E-state index >= 15 is 0 Å². The number of anilines is 1. The van der Waals surface area contributed by atoms with Crippen LogP contribution in [-0.2, 0) is 12.0 Å². The van der Waals surface area contributed by atoms with Gasteiger partial charge < -0.3 is 10.0 Å². The molecule has 2 heteroatoms. The lowest BCUT2D eigenvalue weighted by Crippen LogP contribution is -2.39. The zero-order chi connectivity index (χ0) is 17.2. The summed E-state index contributed by atoms with van der Waals surface area (Å²) in [4.78, 5) is 2.17.